The fraction of sp³-hybridized carbons (Fsp3) is 0.412. The molecule has 0 amide bonds. The Morgan fingerprint density at radius 2 is 2.00 bits per heavy atom. The Bertz CT molecular complexity index is 644. The summed E-state index contributed by atoms with van der Waals surface area (Å²) in [5.41, 5.74) is 0.428. The van der Waals surface area contributed by atoms with E-state index in [1.165, 1.54) is 0 Å². The van der Waals surface area contributed by atoms with Gasteiger partial charge in [-0.2, -0.15) is 0 Å². The molecule has 0 atom stereocenters. The summed E-state index contributed by atoms with van der Waals surface area (Å²) in [6.07, 6.45) is 1.63. The zero-order valence-electron chi connectivity index (χ0n) is 13.6. The van der Waals surface area contributed by atoms with E-state index < -0.39 is 5.41 Å². The first-order chi connectivity index (χ1) is 10.2. The number of carbonyl (C=O) groups is 2. The van der Waals surface area contributed by atoms with Gasteiger partial charge in [-0.25, -0.2) is 0 Å². The second-order valence-corrected chi connectivity index (χ2v) is 7.27. The molecule has 1 aliphatic rings. The lowest BCUT2D eigenvalue weighted by Gasteiger charge is -2.19. The fourth-order valence-electron chi connectivity index (χ4n) is 2.01. The highest BCUT2D eigenvalue weighted by Crippen LogP contribution is 2.47. The Balaban J connectivity index is 2.30. The smallest absolute Gasteiger partial charge is 0.316 e. The summed E-state index contributed by atoms with van der Waals surface area (Å²) in [6.45, 7) is 9.79. The number of nitrogens with zero attached hydrogens (tertiary/aromatic N) is 1. The number of fused-ring (bicyclic) bond motifs is 1. The molecule has 1 heterocycles. The van der Waals surface area contributed by atoms with Gasteiger partial charge in [0, 0.05) is 23.6 Å². The average Bonchev–Trinajstić information content (AvgIpc) is 2.73. The first-order valence-corrected chi connectivity index (χ1v) is 8.08. The van der Waals surface area contributed by atoms with Crippen molar-refractivity contribution in [2.75, 3.05) is 11.4 Å². The Hall–Kier alpha value is -1.75. The van der Waals surface area contributed by atoms with Crippen LogP contribution in [0.3, 0.4) is 0 Å². The monoisotopic (exact) mass is 319 g/mol. The molecule has 0 aromatic heterocycles. The van der Waals surface area contributed by atoms with E-state index in [2.05, 4.69) is 4.90 Å². The molecule has 118 valence electrons. The molecule has 0 saturated carbocycles. The van der Waals surface area contributed by atoms with E-state index in [1.54, 1.807) is 30.8 Å². The Morgan fingerprint density at radius 1 is 1.32 bits per heavy atom. The van der Waals surface area contributed by atoms with Gasteiger partial charge in [0.25, 0.3) is 0 Å². The van der Waals surface area contributed by atoms with Crippen molar-refractivity contribution in [3.05, 3.63) is 29.3 Å². The van der Waals surface area contributed by atoms with E-state index in [9.17, 15) is 9.59 Å². The van der Waals surface area contributed by atoms with Crippen LogP contribution in [-0.4, -0.2) is 18.3 Å². The minimum atomic E-state index is -0.544. The van der Waals surface area contributed by atoms with Gasteiger partial charge in [0.15, 0.2) is 5.78 Å². The van der Waals surface area contributed by atoms with Gasteiger partial charge in [-0.15, -0.1) is 0 Å². The van der Waals surface area contributed by atoms with E-state index in [-0.39, 0.29) is 11.8 Å². The Kier molecular flexibility index (Phi) is 4.66. The number of hydrogen-bond donors (Lipinski definition) is 0. The highest BCUT2D eigenvalue weighted by molar-refractivity contribution is 8.03. The number of rotatable bonds is 3. The summed E-state index contributed by atoms with van der Waals surface area (Å²) in [6, 6.07) is 5.57. The topological polar surface area (TPSA) is 46.6 Å². The normalized spacial score (nSPS) is 15.9. The van der Waals surface area contributed by atoms with Crippen LogP contribution in [0.2, 0.25) is 0 Å². The molecule has 0 unspecified atom stereocenters. The number of ether oxygens (including phenoxy) is 1. The lowest BCUT2D eigenvalue weighted by atomic mass is 9.97. The van der Waals surface area contributed by atoms with Crippen LogP contribution in [0.25, 0.3) is 0 Å². The number of anilines is 1. The second-order valence-electron chi connectivity index (χ2n) is 6.21. The number of hydrogen-bond acceptors (Lipinski definition) is 5. The molecule has 0 fully saturated rings. The van der Waals surface area contributed by atoms with E-state index >= 15 is 0 Å². The van der Waals surface area contributed by atoms with Crippen molar-refractivity contribution in [2.45, 2.75) is 39.5 Å². The maximum Gasteiger partial charge on any atom is 0.316 e. The van der Waals surface area contributed by atoms with Gasteiger partial charge in [-0.05, 0) is 46.8 Å². The number of esters is 1. The van der Waals surface area contributed by atoms with Gasteiger partial charge in [-0.3, -0.25) is 9.59 Å². The van der Waals surface area contributed by atoms with Crippen molar-refractivity contribution >= 4 is 29.2 Å². The van der Waals surface area contributed by atoms with Crippen LogP contribution in [0, 0.1) is 5.41 Å². The molecule has 0 saturated heterocycles. The first kappa shape index (κ1) is 16.6. The van der Waals surface area contributed by atoms with Crippen LogP contribution >= 0.6 is 11.8 Å². The zero-order valence-corrected chi connectivity index (χ0v) is 14.4. The highest BCUT2D eigenvalue weighted by Gasteiger charge is 2.27. The lowest BCUT2D eigenvalue weighted by molar-refractivity contribution is -0.143. The van der Waals surface area contributed by atoms with Crippen LogP contribution < -0.4 is 9.64 Å². The molecule has 22 heavy (non-hydrogen) atoms. The maximum atomic E-state index is 12.0. The van der Waals surface area contributed by atoms with E-state index in [1.807, 2.05) is 39.8 Å². The summed E-state index contributed by atoms with van der Waals surface area (Å²) in [5, 5.41) is 0.907. The van der Waals surface area contributed by atoms with Gasteiger partial charge in [-0.1, -0.05) is 11.8 Å². The summed E-state index contributed by atoms with van der Waals surface area (Å²) in [7, 11) is 0. The zero-order chi connectivity index (χ0) is 16.5. The van der Waals surface area contributed by atoms with Gasteiger partial charge in [0.2, 0.25) is 0 Å². The van der Waals surface area contributed by atoms with E-state index in [0.717, 1.165) is 22.2 Å². The highest BCUT2D eigenvalue weighted by atomic mass is 32.2. The van der Waals surface area contributed by atoms with Gasteiger partial charge in [0.1, 0.15) is 5.75 Å². The van der Waals surface area contributed by atoms with Crippen molar-refractivity contribution in [3.8, 4) is 5.75 Å². The molecule has 0 radical (unpaired) electrons. The summed E-state index contributed by atoms with van der Waals surface area (Å²) < 4.78 is 5.45. The molecule has 1 aromatic rings. The number of thioether (sulfide) groups is 1. The number of ketones is 1. The van der Waals surface area contributed by atoms with Crippen LogP contribution in [0.15, 0.2) is 34.2 Å². The molecule has 0 spiro atoms. The Labute approximate surface area is 135 Å². The standard InChI is InChI=1S/C17H21NO3S/c1-6-18-13-10-12(21-16(20)17(3,4)5)7-8-14(13)22-15(18)9-11(2)19/h7-10H,6H2,1-5H3. The van der Waals surface area contributed by atoms with Gasteiger partial charge < -0.3 is 9.64 Å². The maximum absolute atomic E-state index is 12.0. The van der Waals surface area contributed by atoms with Crippen molar-refractivity contribution in [3.63, 3.8) is 0 Å². The van der Waals surface area contributed by atoms with E-state index in [0.29, 0.717) is 5.75 Å². The molecular weight excluding hydrogens is 298 g/mol. The lowest BCUT2D eigenvalue weighted by Crippen LogP contribution is -2.25. The largest absolute Gasteiger partial charge is 0.426 e. The van der Waals surface area contributed by atoms with E-state index in [4.69, 9.17) is 4.74 Å². The first-order valence-electron chi connectivity index (χ1n) is 7.26. The molecule has 0 bridgehead atoms. The number of allylic oxidation sites excluding steroid dienone is 1. The predicted molar refractivity (Wildman–Crippen MR) is 89.2 cm³/mol. The van der Waals surface area contributed by atoms with Crippen LogP contribution in [0.4, 0.5) is 5.69 Å². The van der Waals surface area contributed by atoms with Gasteiger partial charge >= 0.3 is 5.97 Å². The van der Waals surface area contributed by atoms with Gasteiger partial charge in [0.05, 0.1) is 16.1 Å². The third kappa shape index (κ3) is 3.53. The van der Waals surface area contributed by atoms with Crippen molar-refractivity contribution in [1.29, 1.82) is 0 Å². The SMILES string of the molecule is CCN1C(=CC(C)=O)Sc2ccc(OC(=O)C(C)(C)C)cc21. The number of benzene rings is 1. The molecule has 1 aromatic carbocycles. The third-order valence-corrected chi connectivity index (χ3v) is 4.28. The minimum Gasteiger partial charge on any atom is -0.426 e. The summed E-state index contributed by atoms with van der Waals surface area (Å²) in [5.74, 6) is 0.288. The molecule has 5 heteroatoms. The second kappa shape index (κ2) is 6.16. The quantitative estimate of drug-likeness (QED) is 0.479. The van der Waals surface area contributed by atoms with Crippen LogP contribution in [0.5, 0.6) is 5.75 Å². The van der Waals surface area contributed by atoms with Crippen LogP contribution in [0.1, 0.15) is 34.6 Å². The fourth-order valence-corrected chi connectivity index (χ4v) is 3.21. The predicted octanol–water partition coefficient (Wildman–Crippen LogP) is 4.00. The van der Waals surface area contributed by atoms with Crippen molar-refractivity contribution in [2.24, 2.45) is 5.41 Å². The summed E-state index contributed by atoms with van der Waals surface area (Å²) in [4.78, 5) is 26.5. The minimum absolute atomic E-state index is 0.0214. The molecule has 2 rings (SSSR count). The van der Waals surface area contributed by atoms with Crippen LogP contribution in [-0.2, 0) is 9.59 Å². The molecular formula is C17H21NO3S. The third-order valence-electron chi connectivity index (χ3n) is 3.17. The molecule has 0 aliphatic carbocycles. The number of carbonyl (C=O) groups excluding carboxylic acids is 2. The molecule has 4 nitrogen and oxygen atoms in total. The van der Waals surface area contributed by atoms with Crippen molar-refractivity contribution < 1.29 is 14.3 Å². The molecule has 1 aliphatic heterocycles. The molecule has 0 N–H and O–H groups in total. The van der Waals surface area contributed by atoms with Crippen molar-refractivity contribution in [1.82, 2.24) is 0 Å². The Morgan fingerprint density at radius 3 is 2.55 bits per heavy atom. The average molecular weight is 319 g/mol. The summed E-state index contributed by atoms with van der Waals surface area (Å²) >= 11 is 1.56.